The normalized spacial score (nSPS) is 12.1. The molecule has 30 heavy (non-hydrogen) atoms. The van der Waals surface area contributed by atoms with Gasteiger partial charge in [-0.3, -0.25) is 0 Å². The van der Waals surface area contributed by atoms with Gasteiger partial charge in [0.05, 0.1) is 16.2 Å². The Hall–Kier alpha value is -4.11. The van der Waals surface area contributed by atoms with Gasteiger partial charge in [0.2, 0.25) is 5.52 Å². The number of hydrogen-bond donors (Lipinski definition) is 0. The average molecular weight is 385 g/mol. The third kappa shape index (κ3) is 1.96. The third-order valence-corrected chi connectivity index (χ3v) is 6.20. The Bertz CT molecular complexity index is 1810. The first-order valence-corrected chi connectivity index (χ1v) is 9.99. The standard InChI is InChI=1S/C27H15NO2/c29-28-15-23-20(21-10-9-16-5-3-4-8-19(16)27(21)28)11-12-24-26(23)22-13-17-6-1-2-7-18(17)14-25(22)30-24/h1-15H. The maximum Gasteiger partial charge on any atom is 0.232 e. The number of aromatic nitrogens is 1. The molecule has 140 valence electrons. The van der Waals surface area contributed by atoms with Crippen molar-refractivity contribution in [2.75, 3.05) is 0 Å². The zero-order valence-electron chi connectivity index (χ0n) is 15.9. The van der Waals surface area contributed by atoms with Gasteiger partial charge < -0.3 is 9.62 Å². The van der Waals surface area contributed by atoms with Gasteiger partial charge in [-0.25, -0.2) is 0 Å². The SMILES string of the molecule is [O-][n+]1cc2c(ccc3oc4cc5ccccc5cc4c32)c2ccc3ccccc3c21. The van der Waals surface area contributed by atoms with Crippen LogP contribution in [0.2, 0.25) is 0 Å². The summed E-state index contributed by atoms with van der Waals surface area (Å²) < 4.78 is 7.19. The van der Waals surface area contributed by atoms with Crippen LogP contribution >= 0.6 is 0 Å². The van der Waals surface area contributed by atoms with Crippen molar-refractivity contribution in [1.29, 1.82) is 0 Å². The first-order chi connectivity index (χ1) is 14.8. The number of benzene rings is 5. The molecule has 0 aliphatic heterocycles. The fraction of sp³-hybridized carbons (Fsp3) is 0. The molecule has 3 heteroatoms. The molecule has 0 unspecified atom stereocenters. The summed E-state index contributed by atoms with van der Waals surface area (Å²) in [6.45, 7) is 0. The van der Waals surface area contributed by atoms with E-state index in [0.29, 0.717) is 5.52 Å². The molecule has 0 amide bonds. The molecule has 7 aromatic rings. The van der Waals surface area contributed by atoms with Gasteiger partial charge in [0.1, 0.15) is 11.2 Å². The molecular weight excluding hydrogens is 370 g/mol. The summed E-state index contributed by atoms with van der Waals surface area (Å²) in [6, 6.07) is 28.8. The van der Waals surface area contributed by atoms with Crippen LogP contribution in [0, 0.1) is 5.21 Å². The first kappa shape index (κ1) is 15.8. The zero-order valence-corrected chi connectivity index (χ0v) is 15.9. The molecule has 7 rings (SSSR count). The monoisotopic (exact) mass is 385 g/mol. The highest BCUT2D eigenvalue weighted by atomic mass is 16.5. The molecule has 0 spiro atoms. The van der Waals surface area contributed by atoms with Crippen molar-refractivity contribution in [2.24, 2.45) is 0 Å². The van der Waals surface area contributed by atoms with Crippen LogP contribution in [0.5, 0.6) is 0 Å². The second kappa shape index (κ2) is 5.49. The number of furan rings is 1. The average Bonchev–Trinajstić information content (AvgIpc) is 3.15. The van der Waals surface area contributed by atoms with Crippen molar-refractivity contribution in [2.45, 2.75) is 0 Å². The lowest BCUT2D eigenvalue weighted by molar-refractivity contribution is -0.574. The Kier molecular flexibility index (Phi) is 2.88. The highest BCUT2D eigenvalue weighted by Gasteiger charge is 2.18. The Morgan fingerprint density at radius 2 is 1.30 bits per heavy atom. The van der Waals surface area contributed by atoms with Gasteiger partial charge in [0.15, 0.2) is 6.20 Å². The van der Waals surface area contributed by atoms with Gasteiger partial charge in [0, 0.05) is 16.2 Å². The minimum atomic E-state index is 0.707. The predicted molar refractivity (Wildman–Crippen MR) is 123 cm³/mol. The maximum atomic E-state index is 13.2. The zero-order chi connectivity index (χ0) is 19.8. The van der Waals surface area contributed by atoms with Crippen molar-refractivity contribution < 1.29 is 9.15 Å². The van der Waals surface area contributed by atoms with E-state index in [9.17, 15) is 5.21 Å². The minimum Gasteiger partial charge on any atom is -0.618 e. The van der Waals surface area contributed by atoms with E-state index in [4.69, 9.17) is 4.42 Å². The summed E-state index contributed by atoms with van der Waals surface area (Å²) in [5.74, 6) is 0. The second-order valence-corrected chi connectivity index (χ2v) is 7.84. The molecule has 0 N–H and O–H groups in total. The van der Waals surface area contributed by atoms with E-state index in [1.807, 2.05) is 42.5 Å². The van der Waals surface area contributed by atoms with E-state index in [0.717, 1.165) is 64.4 Å². The van der Waals surface area contributed by atoms with Crippen LogP contribution in [0.4, 0.5) is 0 Å². The van der Waals surface area contributed by atoms with Crippen molar-refractivity contribution in [3.63, 3.8) is 0 Å². The summed E-state index contributed by atoms with van der Waals surface area (Å²) in [7, 11) is 0. The molecular formula is C27H15NO2. The molecule has 5 aromatic carbocycles. The summed E-state index contributed by atoms with van der Waals surface area (Å²) in [4.78, 5) is 0. The number of hydrogen-bond acceptors (Lipinski definition) is 2. The lowest BCUT2D eigenvalue weighted by atomic mass is 9.98. The van der Waals surface area contributed by atoms with Crippen LogP contribution in [0.25, 0.3) is 65.2 Å². The topological polar surface area (TPSA) is 40.1 Å². The molecule has 0 atom stereocenters. The smallest absolute Gasteiger partial charge is 0.232 e. The minimum absolute atomic E-state index is 0.707. The fourth-order valence-corrected chi connectivity index (χ4v) is 4.84. The number of fused-ring (bicyclic) bond motifs is 10. The fourth-order valence-electron chi connectivity index (χ4n) is 4.84. The van der Waals surface area contributed by atoms with E-state index >= 15 is 0 Å². The van der Waals surface area contributed by atoms with E-state index in [-0.39, 0.29) is 0 Å². The third-order valence-electron chi connectivity index (χ3n) is 6.20. The van der Waals surface area contributed by atoms with Crippen molar-refractivity contribution >= 4 is 65.2 Å². The van der Waals surface area contributed by atoms with Crippen LogP contribution in [0.3, 0.4) is 0 Å². The predicted octanol–water partition coefficient (Wildman–Crippen LogP) is 6.83. The van der Waals surface area contributed by atoms with Gasteiger partial charge >= 0.3 is 0 Å². The van der Waals surface area contributed by atoms with Crippen LogP contribution in [-0.2, 0) is 0 Å². The van der Waals surface area contributed by atoms with Gasteiger partial charge in [0.25, 0.3) is 0 Å². The summed E-state index contributed by atoms with van der Waals surface area (Å²) in [5.41, 5.74) is 2.35. The Morgan fingerprint density at radius 3 is 2.17 bits per heavy atom. The highest BCUT2D eigenvalue weighted by Crippen LogP contribution is 2.38. The van der Waals surface area contributed by atoms with Crippen LogP contribution in [-0.4, -0.2) is 0 Å². The number of pyridine rings is 1. The second-order valence-electron chi connectivity index (χ2n) is 7.84. The Morgan fingerprint density at radius 1 is 0.567 bits per heavy atom. The molecule has 2 aromatic heterocycles. The quantitative estimate of drug-likeness (QED) is 0.163. The van der Waals surface area contributed by atoms with Crippen molar-refractivity contribution in [1.82, 2.24) is 0 Å². The molecule has 0 aliphatic carbocycles. The molecule has 0 fully saturated rings. The van der Waals surface area contributed by atoms with Crippen LogP contribution < -0.4 is 4.73 Å². The molecule has 0 aliphatic rings. The van der Waals surface area contributed by atoms with Crippen molar-refractivity contribution in [3.8, 4) is 0 Å². The van der Waals surface area contributed by atoms with Crippen LogP contribution in [0.1, 0.15) is 0 Å². The maximum absolute atomic E-state index is 13.2. The van der Waals surface area contributed by atoms with Gasteiger partial charge in [-0.1, -0.05) is 48.5 Å². The van der Waals surface area contributed by atoms with Crippen LogP contribution in [0.15, 0.2) is 95.5 Å². The Balaban J connectivity index is 1.71. The lowest BCUT2D eigenvalue weighted by Gasteiger charge is -2.09. The van der Waals surface area contributed by atoms with E-state index in [1.165, 1.54) is 0 Å². The van der Waals surface area contributed by atoms with E-state index < -0.39 is 0 Å². The highest BCUT2D eigenvalue weighted by molar-refractivity contribution is 6.25. The molecule has 0 bridgehead atoms. The Labute approximate surface area is 170 Å². The number of nitrogens with zero attached hydrogens (tertiary/aromatic N) is 1. The molecule has 2 heterocycles. The summed E-state index contributed by atoms with van der Waals surface area (Å²) in [6.07, 6.45) is 1.70. The van der Waals surface area contributed by atoms with E-state index in [1.54, 1.807) is 6.20 Å². The first-order valence-electron chi connectivity index (χ1n) is 9.99. The number of rotatable bonds is 0. The molecule has 0 radical (unpaired) electrons. The van der Waals surface area contributed by atoms with E-state index in [2.05, 4.69) is 42.5 Å². The molecule has 3 nitrogen and oxygen atoms in total. The summed E-state index contributed by atoms with van der Waals surface area (Å²) in [5, 5.41) is 22.5. The van der Waals surface area contributed by atoms with Crippen molar-refractivity contribution in [3.05, 3.63) is 96.3 Å². The lowest BCUT2D eigenvalue weighted by Crippen LogP contribution is -2.26. The summed E-state index contributed by atoms with van der Waals surface area (Å²) >= 11 is 0. The van der Waals surface area contributed by atoms with Gasteiger partial charge in [-0.15, -0.1) is 0 Å². The van der Waals surface area contributed by atoms with Gasteiger partial charge in [-0.2, -0.15) is 4.73 Å². The molecule has 0 saturated carbocycles. The largest absolute Gasteiger partial charge is 0.618 e. The molecule has 0 saturated heterocycles. The van der Waals surface area contributed by atoms with Gasteiger partial charge in [-0.05, 0) is 52.6 Å².